The molecule has 106 valence electrons. The van der Waals surface area contributed by atoms with Gasteiger partial charge in [0.05, 0.1) is 6.61 Å². The van der Waals surface area contributed by atoms with Gasteiger partial charge in [0.15, 0.2) is 5.75 Å². The van der Waals surface area contributed by atoms with Crippen LogP contribution in [0.4, 0.5) is 4.39 Å². The highest BCUT2D eigenvalue weighted by Crippen LogP contribution is 2.37. The SMILES string of the molecule is CCCC1CCC(c2ccc(OCC)c(F)n2)CC1. The Kier molecular flexibility index (Phi) is 5.17. The van der Waals surface area contributed by atoms with Crippen molar-refractivity contribution in [3.05, 3.63) is 23.8 Å². The minimum absolute atomic E-state index is 0.269. The van der Waals surface area contributed by atoms with E-state index in [1.54, 1.807) is 6.07 Å². The average Bonchev–Trinajstić information content (AvgIpc) is 2.43. The van der Waals surface area contributed by atoms with Gasteiger partial charge in [-0.25, -0.2) is 4.98 Å². The van der Waals surface area contributed by atoms with Crippen molar-refractivity contribution in [1.82, 2.24) is 4.98 Å². The fraction of sp³-hybridized carbons (Fsp3) is 0.688. The second kappa shape index (κ2) is 6.88. The molecule has 2 rings (SSSR count). The van der Waals surface area contributed by atoms with E-state index in [0.29, 0.717) is 12.5 Å². The van der Waals surface area contributed by atoms with E-state index in [2.05, 4.69) is 11.9 Å². The summed E-state index contributed by atoms with van der Waals surface area (Å²) in [7, 11) is 0. The van der Waals surface area contributed by atoms with Gasteiger partial charge >= 0.3 is 0 Å². The first-order chi connectivity index (χ1) is 9.24. The number of pyridine rings is 1. The first-order valence-corrected chi connectivity index (χ1v) is 7.53. The molecule has 1 aliphatic rings. The molecule has 19 heavy (non-hydrogen) atoms. The van der Waals surface area contributed by atoms with Crippen molar-refractivity contribution in [2.75, 3.05) is 6.61 Å². The molecule has 0 saturated heterocycles. The summed E-state index contributed by atoms with van der Waals surface area (Å²) in [5.41, 5.74) is 0.899. The second-order valence-corrected chi connectivity index (χ2v) is 5.46. The molecular formula is C16H24FNO. The van der Waals surface area contributed by atoms with Gasteiger partial charge in [0, 0.05) is 11.6 Å². The maximum absolute atomic E-state index is 13.8. The lowest BCUT2D eigenvalue weighted by atomic mass is 9.79. The van der Waals surface area contributed by atoms with Gasteiger partial charge in [0.25, 0.3) is 5.95 Å². The zero-order valence-electron chi connectivity index (χ0n) is 12.0. The Morgan fingerprint density at radius 2 is 1.95 bits per heavy atom. The maximum atomic E-state index is 13.8. The summed E-state index contributed by atoms with van der Waals surface area (Å²) in [5, 5.41) is 0. The molecule has 0 aromatic carbocycles. The maximum Gasteiger partial charge on any atom is 0.255 e. The zero-order chi connectivity index (χ0) is 13.7. The van der Waals surface area contributed by atoms with Crippen LogP contribution in [0.1, 0.15) is 64.0 Å². The summed E-state index contributed by atoms with van der Waals surface area (Å²) in [6.07, 6.45) is 7.41. The van der Waals surface area contributed by atoms with Crippen LogP contribution in [0.15, 0.2) is 12.1 Å². The average molecular weight is 265 g/mol. The highest BCUT2D eigenvalue weighted by atomic mass is 19.1. The summed E-state index contributed by atoms with van der Waals surface area (Å²) >= 11 is 0. The molecule has 0 spiro atoms. The van der Waals surface area contributed by atoms with Gasteiger partial charge in [-0.05, 0) is 50.7 Å². The summed E-state index contributed by atoms with van der Waals surface area (Å²) in [6.45, 7) is 4.57. The van der Waals surface area contributed by atoms with Crippen molar-refractivity contribution >= 4 is 0 Å². The van der Waals surface area contributed by atoms with E-state index >= 15 is 0 Å². The van der Waals surface area contributed by atoms with E-state index in [0.717, 1.165) is 24.5 Å². The summed E-state index contributed by atoms with van der Waals surface area (Å²) in [5.74, 6) is 1.10. The van der Waals surface area contributed by atoms with Gasteiger partial charge in [-0.3, -0.25) is 0 Å². The molecule has 0 bridgehead atoms. The second-order valence-electron chi connectivity index (χ2n) is 5.46. The van der Waals surface area contributed by atoms with E-state index in [1.165, 1.54) is 25.7 Å². The zero-order valence-corrected chi connectivity index (χ0v) is 12.0. The summed E-state index contributed by atoms with van der Waals surface area (Å²) < 4.78 is 18.9. The van der Waals surface area contributed by atoms with Crippen molar-refractivity contribution in [3.8, 4) is 5.75 Å². The Morgan fingerprint density at radius 3 is 2.53 bits per heavy atom. The van der Waals surface area contributed by atoms with Crippen molar-refractivity contribution < 1.29 is 9.13 Å². The monoisotopic (exact) mass is 265 g/mol. The third-order valence-electron chi connectivity index (χ3n) is 4.10. The fourth-order valence-corrected chi connectivity index (χ4v) is 3.08. The number of rotatable bonds is 5. The lowest BCUT2D eigenvalue weighted by Crippen LogP contribution is -2.14. The smallest absolute Gasteiger partial charge is 0.255 e. The minimum atomic E-state index is -0.463. The molecule has 1 aliphatic carbocycles. The van der Waals surface area contributed by atoms with E-state index < -0.39 is 5.95 Å². The third-order valence-corrected chi connectivity index (χ3v) is 4.10. The van der Waals surface area contributed by atoms with Gasteiger partial charge < -0.3 is 4.74 Å². The molecule has 1 aromatic rings. The number of ether oxygens (including phenoxy) is 1. The number of hydrogen-bond acceptors (Lipinski definition) is 2. The number of nitrogens with zero attached hydrogens (tertiary/aromatic N) is 1. The van der Waals surface area contributed by atoms with Gasteiger partial charge in [0.1, 0.15) is 0 Å². The fourth-order valence-electron chi connectivity index (χ4n) is 3.08. The van der Waals surface area contributed by atoms with Crippen molar-refractivity contribution in [2.24, 2.45) is 5.92 Å². The van der Waals surface area contributed by atoms with E-state index in [4.69, 9.17) is 4.74 Å². The quantitative estimate of drug-likeness (QED) is 0.720. The molecule has 1 aromatic heterocycles. The molecular weight excluding hydrogens is 241 g/mol. The molecule has 2 nitrogen and oxygen atoms in total. The molecule has 1 heterocycles. The molecule has 3 heteroatoms. The molecule has 0 amide bonds. The van der Waals surface area contributed by atoms with Crippen molar-refractivity contribution in [1.29, 1.82) is 0 Å². The lowest BCUT2D eigenvalue weighted by molar-refractivity contribution is 0.298. The van der Waals surface area contributed by atoms with Gasteiger partial charge in [-0.2, -0.15) is 4.39 Å². The first kappa shape index (κ1) is 14.3. The summed E-state index contributed by atoms with van der Waals surface area (Å²) in [6, 6.07) is 3.65. The Hall–Kier alpha value is -1.12. The highest BCUT2D eigenvalue weighted by molar-refractivity contribution is 5.23. The van der Waals surface area contributed by atoms with E-state index in [9.17, 15) is 4.39 Å². The van der Waals surface area contributed by atoms with Crippen LogP contribution in [0.25, 0.3) is 0 Å². The number of hydrogen-bond donors (Lipinski definition) is 0. The van der Waals surface area contributed by atoms with Crippen molar-refractivity contribution in [3.63, 3.8) is 0 Å². The molecule has 0 unspecified atom stereocenters. The predicted molar refractivity (Wildman–Crippen MR) is 75.0 cm³/mol. The van der Waals surface area contributed by atoms with Gasteiger partial charge in [-0.1, -0.05) is 19.8 Å². The minimum Gasteiger partial charge on any atom is -0.489 e. The number of aromatic nitrogens is 1. The molecule has 0 atom stereocenters. The summed E-state index contributed by atoms with van der Waals surface area (Å²) in [4.78, 5) is 4.09. The Morgan fingerprint density at radius 1 is 1.21 bits per heavy atom. The van der Waals surface area contributed by atoms with Crippen LogP contribution >= 0.6 is 0 Å². The van der Waals surface area contributed by atoms with Crippen molar-refractivity contribution in [2.45, 2.75) is 58.3 Å². The van der Waals surface area contributed by atoms with Crippen LogP contribution in [0, 0.1) is 11.9 Å². The normalized spacial score (nSPS) is 23.3. The van der Waals surface area contributed by atoms with Crippen LogP contribution in [0.2, 0.25) is 0 Å². The van der Waals surface area contributed by atoms with Gasteiger partial charge in [0.2, 0.25) is 0 Å². The standard InChI is InChI=1S/C16H24FNO/c1-3-5-12-6-8-13(9-7-12)14-10-11-15(19-4-2)16(17)18-14/h10-13H,3-9H2,1-2H3. The van der Waals surface area contributed by atoms with Crippen LogP contribution in [0.5, 0.6) is 5.75 Å². The van der Waals surface area contributed by atoms with Crippen LogP contribution < -0.4 is 4.74 Å². The van der Waals surface area contributed by atoms with Gasteiger partial charge in [-0.15, -0.1) is 0 Å². The highest BCUT2D eigenvalue weighted by Gasteiger charge is 2.23. The molecule has 1 saturated carbocycles. The Balaban J connectivity index is 1.97. The third kappa shape index (κ3) is 3.68. The van der Waals surface area contributed by atoms with E-state index in [1.807, 2.05) is 13.0 Å². The van der Waals surface area contributed by atoms with E-state index in [-0.39, 0.29) is 5.75 Å². The van der Waals surface area contributed by atoms with Crippen LogP contribution in [-0.4, -0.2) is 11.6 Å². The molecule has 0 radical (unpaired) electrons. The van der Waals surface area contributed by atoms with Crippen LogP contribution in [0.3, 0.4) is 0 Å². The lowest BCUT2D eigenvalue weighted by Gasteiger charge is -2.28. The first-order valence-electron chi connectivity index (χ1n) is 7.53. The topological polar surface area (TPSA) is 22.1 Å². The molecule has 1 fully saturated rings. The van der Waals surface area contributed by atoms with Crippen LogP contribution in [-0.2, 0) is 0 Å². The Bertz CT molecular complexity index is 400. The Labute approximate surface area is 115 Å². The molecule has 0 aliphatic heterocycles. The predicted octanol–water partition coefficient (Wildman–Crippen LogP) is 4.69. The molecule has 0 N–H and O–H groups in total. The largest absolute Gasteiger partial charge is 0.489 e. The number of halogens is 1.